The van der Waals surface area contributed by atoms with Crippen molar-refractivity contribution in [3.63, 3.8) is 0 Å². The van der Waals surface area contributed by atoms with Crippen molar-refractivity contribution in [2.45, 2.75) is 39.2 Å². The normalized spacial score (nSPS) is 20.6. The Bertz CT molecular complexity index is 583. The number of nitrogens with one attached hydrogen (secondary N) is 2. The Hall–Kier alpha value is -2.37. The summed E-state index contributed by atoms with van der Waals surface area (Å²) in [6, 6.07) is 7.24. The van der Waals surface area contributed by atoms with Gasteiger partial charge >= 0.3 is 5.97 Å². The first-order valence-corrected chi connectivity index (χ1v) is 7.82. The van der Waals surface area contributed by atoms with E-state index >= 15 is 0 Å². The van der Waals surface area contributed by atoms with Gasteiger partial charge in [-0.2, -0.15) is 0 Å². The summed E-state index contributed by atoms with van der Waals surface area (Å²) < 4.78 is 0. The van der Waals surface area contributed by atoms with E-state index < -0.39 is 11.9 Å². The molecule has 2 atom stereocenters. The molecule has 2 unspecified atom stereocenters. The van der Waals surface area contributed by atoms with Gasteiger partial charge in [-0.1, -0.05) is 18.6 Å². The maximum absolute atomic E-state index is 12.2. The molecule has 0 aliphatic heterocycles. The van der Waals surface area contributed by atoms with Gasteiger partial charge in [0.25, 0.3) is 0 Å². The number of carbonyl (C=O) groups excluding carboxylic acids is 2. The van der Waals surface area contributed by atoms with Crippen LogP contribution in [0.15, 0.2) is 24.3 Å². The molecule has 0 radical (unpaired) electrons. The third kappa shape index (κ3) is 5.09. The van der Waals surface area contributed by atoms with Crippen molar-refractivity contribution in [3.05, 3.63) is 29.8 Å². The smallest absolute Gasteiger partial charge is 0.306 e. The number of carboxylic acids is 1. The van der Waals surface area contributed by atoms with Gasteiger partial charge in [-0.25, -0.2) is 0 Å². The molecule has 1 fully saturated rings. The van der Waals surface area contributed by atoms with Crippen LogP contribution in [0.1, 0.15) is 38.2 Å². The second-order valence-electron chi connectivity index (χ2n) is 5.99. The first kappa shape index (κ1) is 17.0. The number of carboxylic acid groups (broad SMARTS) is 1. The van der Waals surface area contributed by atoms with Crippen LogP contribution < -0.4 is 10.6 Å². The Labute approximate surface area is 135 Å². The maximum Gasteiger partial charge on any atom is 0.306 e. The van der Waals surface area contributed by atoms with Crippen molar-refractivity contribution in [1.82, 2.24) is 5.32 Å². The molecule has 1 aliphatic rings. The molecule has 124 valence electrons. The summed E-state index contributed by atoms with van der Waals surface area (Å²) >= 11 is 0. The lowest BCUT2D eigenvalue weighted by molar-refractivity contribution is -0.144. The lowest BCUT2D eigenvalue weighted by Crippen LogP contribution is -2.35. The molecule has 23 heavy (non-hydrogen) atoms. The molecule has 0 bridgehead atoms. The number of anilines is 1. The number of hydrogen-bond acceptors (Lipinski definition) is 3. The summed E-state index contributed by atoms with van der Waals surface area (Å²) in [5.41, 5.74) is 1.64. The number of hydrogen-bond donors (Lipinski definition) is 3. The maximum atomic E-state index is 12.2. The average molecular weight is 318 g/mol. The fourth-order valence-corrected chi connectivity index (χ4v) is 2.89. The van der Waals surface area contributed by atoms with E-state index in [1.807, 2.05) is 12.1 Å². The lowest BCUT2D eigenvalue weighted by atomic mass is 9.81. The quantitative estimate of drug-likeness (QED) is 0.775. The molecular formula is C17H22N2O4. The molecule has 1 aliphatic carbocycles. The first-order chi connectivity index (χ1) is 11.0. The second kappa shape index (κ2) is 7.76. The van der Waals surface area contributed by atoms with E-state index in [1.54, 1.807) is 12.1 Å². The van der Waals surface area contributed by atoms with Gasteiger partial charge in [0.05, 0.1) is 5.92 Å². The zero-order valence-corrected chi connectivity index (χ0v) is 13.2. The number of amides is 2. The van der Waals surface area contributed by atoms with Gasteiger partial charge < -0.3 is 15.7 Å². The minimum Gasteiger partial charge on any atom is -0.481 e. The summed E-state index contributed by atoms with van der Waals surface area (Å²) in [4.78, 5) is 34.2. The van der Waals surface area contributed by atoms with Crippen LogP contribution in [0.4, 0.5) is 5.69 Å². The van der Waals surface area contributed by atoms with Gasteiger partial charge in [-0.15, -0.1) is 0 Å². The Morgan fingerprint density at radius 2 is 1.78 bits per heavy atom. The van der Waals surface area contributed by atoms with Gasteiger partial charge in [0.1, 0.15) is 0 Å². The number of benzene rings is 1. The van der Waals surface area contributed by atoms with E-state index in [-0.39, 0.29) is 17.7 Å². The zero-order valence-electron chi connectivity index (χ0n) is 13.2. The standard InChI is InChI=1S/C17H22N2O4/c1-11(20)19-15-7-5-12(6-8-15)10-18-16(21)13-3-2-4-14(9-13)17(22)23/h5-8,13-14H,2-4,9-10H2,1H3,(H,18,21)(H,19,20)(H,22,23). The van der Waals surface area contributed by atoms with Crippen LogP contribution in [-0.4, -0.2) is 22.9 Å². The van der Waals surface area contributed by atoms with Crippen molar-refractivity contribution in [1.29, 1.82) is 0 Å². The van der Waals surface area contributed by atoms with Crippen molar-refractivity contribution in [2.75, 3.05) is 5.32 Å². The zero-order chi connectivity index (χ0) is 16.8. The summed E-state index contributed by atoms with van der Waals surface area (Å²) in [6.07, 6.45) is 2.60. The van der Waals surface area contributed by atoms with E-state index in [1.165, 1.54) is 6.92 Å². The van der Waals surface area contributed by atoms with Crippen LogP contribution in [0.3, 0.4) is 0 Å². The molecule has 2 amide bonds. The Morgan fingerprint density at radius 3 is 2.39 bits per heavy atom. The fraction of sp³-hybridized carbons (Fsp3) is 0.471. The van der Waals surface area contributed by atoms with Gasteiger partial charge in [0.2, 0.25) is 11.8 Å². The van der Waals surface area contributed by atoms with Crippen molar-refractivity contribution in [3.8, 4) is 0 Å². The lowest BCUT2D eigenvalue weighted by Gasteiger charge is -2.25. The van der Waals surface area contributed by atoms with Crippen molar-refractivity contribution in [2.24, 2.45) is 11.8 Å². The molecule has 1 saturated carbocycles. The monoisotopic (exact) mass is 318 g/mol. The van der Waals surface area contributed by atoms with Crippen molar-refractivity contribution >= 4 is 23.5 Å². The average Bonchev–Trinajstić information content (AvgIpc) is 2.53. The van der Waals surface area contributed by atoms with Crippen molar-refractivity contribution < 1.29 is 19.5 Å². The molecule has 6 nitrogen and oxygen atoms in total. The molecule has 1 aromatic carbocycles. The topological polar surface area (TPSA) is 95.5 Å². The fourth-order valence-electron chi connectivity index (χ4n) is 2.89. The molecule has 2 rings (SSSR count). The highest BCUT2D eigenvalue weighted by Crippen LogP contribution is 2.29. The van der Waals surface area contributed by atoms with Gasteiger partial charge in [-0.3, -0.25) is 14.4 Å². The highest BCUT2D eigenvalue weighted by atomic mass is 16.4. The first-order valence-electron chi connectivity index (χ1n) is 7.82. The SMILES string of the molecule is CC(=O)Nc1ccc(CNC(=O)C2CCCC(C(=O)O)C2)cc1. The van der Waals surface area contributed by atoms with Crippen LogP contribution in [0.25, 0.3) is 0 Å². The third-order valence-electron chi connectivity index (χ3n) is 4.14. The molecule has 0 aromatic heterocycles. The van der Waals surface area contributed by atoms with Gasteiger partial charge in [0, 0.05) is 25.1 Å². The predicted molar refractivity (Wildman–Crippen MR) is 85.7 cm³/mol. The second-order valence-corrected chi connectivity index (χ2v) is 5.99. The van der Waals surface area contributed by atoms with Gasteiger partial charge in [-0.05, 0) is 37.0 Å². The Kier molecular flexibility index (Phi) is 5.73. The highest BCUT2D eigenvalue weighted by molar-refractivity contribution is 5.88. The number of rotatable bonds is 5. The van der Waals surface area contributed by atoms with Crippen LogP contribution in [0, 0.1) is 11.8 Å². The van der Waals surface area contributed by atoms with Gasteiger partial charge in [0.15, 0.2) is 0 Å². The van der Waals surface area contributed by atoms with E-state index in [4.69, 9.17) is 5.11 Å². The molecule has 1 aromatic rings. The number of carbonyl (C=O) groups is 3. The summed E-state index contributed by atoms with van der Waals surface area (Å²) in [7, 11) is 0. The highest BCUT2D eigenvalue weighted by Gasteiger charge is 2.30. The summed E-state index contributed by atoms with van der Waals surface area (Å²) in [5, 5.41) is 14.6. The largest absolute Gasteiger partial charge is 0.481 e. The molecular weight excluding hydrogens is 296 g/mol. The minimum atomic E-state index is -0.809. The Morgan fingerprint density at radius 1 is 1.13 bits per heavy atom. The van der Waals surface area contributed by atoms with Crippen LogP contribution in [-0.2, 0) is 20.9 Å². The van der Waals surface area contributed by atoms with E-state index in [0.29, 0.717) is 25.1 Å². The van der Waals surface area contributed by atoms with E-state index in [9.17, 15) is 14.4 Å². The molecule has 0 saturated heterocycles. The summed E-state index contributed by atoms with van der Waals surface area (Å²) in [5.74, 6) is -1.64. The molecule has 6 heteroatoms. The molecule has 3 N–H and O–H groups in total. The summed E-state index contributed by atoms with van der Waals surface area (Å²) in [6.45, 7) is 1.84. The van der Waals surface area contributed by atoms with Crippen LogP contribution in [0.5, 0.6) is 0 Å². The van der Waals surface area contributed by atoms with Crippen LogP contribution in [0.2, 0.25) is 0 Å². The predicted octanol–water partition coefficient (Wildman–Crippen LogP) is 2.15. The Balaban J connectivity index is 1.84. The molecule has 0 spiro atoms. The third-order valence-corrected chi connectivity index (χ3v) is 4.14. The van der Waals surface area contributed by atoms with E-state index in [0.717, 1.165) is 18.4 Å². The minimum absolute atomic E-state index is 0.0816. The van der Waals surface area contributed by atoms with E-state index in [2.05, 4.69) is 10.6 Å². The number of aliphatic carboxylic acids is 1. The molecule has 0 heterocycles. The van der Waals surface area contributed by atoms with Crippen LogP contribution >= 0.6 is 0 Å².